The molecule has 0 aliphatic carbocycles. The smallest absolute Gasteiger partial charge is 0.263 e. The first-order valence-corrected chi connectivity index (χ1v) is 10.1. The van der Waals surface area contributed by atoms with Crippen molar-refractivity contribution in [3.8, 4) is 0 Å². The van der Waals surface area contributed by atoms with Crippen molar-refractivity contribution in [2.45, 2.75) is 24.2 Å². The lowest BCUT2D eigenvalue weighted by atomic mass is 10.2. The summed E-state index contributed by atoms with van der Waals surface area (Å²) in [5.41, 5.74) is 0.641. The largest absolute Gasteiger partial charge is 0.278 e. The molecule has 124 valence electrons. The highest BCUT2D eigenvalue weighted by Gasteiger charge is 2.18. The molecule has 2 aliphatic rings. The Morgan fingerprint density at radius 1 is 1.13 bits per heavy atom. The number of nitrogens with zero attached hydrogens (tertiary/aromatic N) is 4. The van der Waals surface area contributed by atoms with E-state index in [0.29, 0.717) is 17.4 Å². The standard InChI is InChI=1S/C14H19N5O2S2/c20-23(21,17-14-15-8-11-22-14)13-6-4-12(5-7-13)16-18-19-9-2-1-3-10-19/h4-7H,1-3,8-11H2,(H,15,17). The maximum Gasteiger partial charge on any atom is 0.263 e. The topological polar surface area (TPSA) is 86.5 Å². The Kier molecular flexibility index (Phi) is 5.16. The minimum Gasteiger partial charge on any atom is -0.278 e. The van der Waals surface area contributed by atoms with Gasteiger partial charge >= 0.3 is 0 Å². The quantitative estimate of drug-likeness (QED) is 0.843. The molecule has 0 saturated carbocycles. The monoisotopic (exact) mass is 353 g/mol. The Morgan fingerprint density at radius 3 is 2.52 bits per heavy atom. The van der Waals surface area contributed by atoms with Crippen LogP contribution >= 0.6 is 11.8 Å². The summed E-state index contributed by atoms with van der Waals surface area (Å²) in [6.45, 7) is 2.51. The van der Waals surface area contributed by atoms with Crippen molar-refractivity contribution in [2.75, 3.05) is 25.4 Å². The first-order valence-electron chi connectivity index (χ1n) is 7.60. The molecule has 0 spiro atoms. The van der Waals surface area contributed by atoms with Crippen molar-refractivity contribution in [2.24, 2.45) is 15.3 Å². The third-order valence-corrected chi connectivity index (χ3v) is 5.95. The lowest BCUT2D eigenvalue weighted by molar-refractivity contribution is 0.224. The first kappa shape index (κ1) is 16.3. The van der Waals surface area contributed by atoms with E-state index in [0.717, 1.165) is 31.7 Å². The maximum atomic E-state index is 12.2. The van der Waals surface area contributed by atoms with Crippen molar-refractivity contribution < 1.29 is 8.42 Å². The number of benzene rings is 1. The van der Waals surface area contributed by atoms with Crippen LogP contribution in [-0.2, 0) is 10.0 Å². The summed E-state index contributed by atoms with van der Waals surface area (Å²) >= 11 is 1.41. The summed E-state index contributed by atoms with van der Waals surface area (Å²) in [6, 6.07) is 6.39. The molecule has 0 unspecified atom stereocenters. The van der Waals surface area contributed by atoms with Gasteiger partial charge in [0.25, 0.3) is 10.0 Å². The molecule has 0 aromatic heterocycles. The predicted octanol–water partition coefficient (Wildman–Crippen LogP) is 2.55. The van der Waals surface area contributed by atoms with Gasteiger partial charge in [-0.25, -0.2) is 8.42 Å². The van der Waals surface area contributed by atoms with Gasteiger partial charge in [0.15, 0.2) is 5.17 Å². The van der Waals surface area contributed by atoms with Gasteiger partial charge < -0.3 is 0 Å². The molecule has 0 bridgehead atoms. The van der Waals surface area contributed by atoms with Crippen molar-refractivity contribution >= 4 is 32.6 Å². The van der Waals surface area contributed by atoms with Gasteiger partial charge in [-0.15, -0.1) is 5.11 Å². The lowest BCUT2D eigenvalue weighted by Crippen LogP contribution is -2.27. The zero-order chi connectivity index (χ0) is 16.1. The van der Waals surface area contributed by atoms with Gasteiger partial charge in [-0.05, 0) is 43.5 Å². The van der Waals surface area contributed by atoms with Gasteiger partial charge in [0.05, 0.1) is 17.1 Å². The predicted molar refractivity (Wildman–Crippen MR) is 91.5 cm³/mol. The molecule has 3 rings (SSSR count). The second kappa shape index (κ2) is 7.31. The fraction of sp³-hybridized carbons (Fsp3) is 0.500. The molecule has 0 radical (unpaired) electrons. The van der Waals surface area contributed by atoms with E-state index in [4.69, 9.17) is 0 Å². The second-order valence-electron chi connectivity index (χ2n) is 5.34. The van der Waals surface area contributed by atoms with Gasteiger partial charge in [0.2, 0.25) is 0 Å². The zero-order valence-electron chi connectivity index (χ0n) is 12.7. The Morgan fingerprint density at radius 2 is 1.87 bits per heavy atom. The minimum atomic E-state index is -3.58. The molecule has 9 heteroatoms. The van der Waals surface area contributed by atoms with E-state index in [1.807, 2.05) is 5.01 Å². The highest BCUT2D eigenvalue weighted by molar-refractivity contribution is 8.15. The van der Waals surface area contributed by atoms with Crippen molar-refractivity contribution in [1.82, 2.24) is 9.73 Å². The SMILES string of the molecule is O=S(=O)(NC1=NCCS1)c1ccc(N=NN2CCCCC2)cc1. The molecule has 2 aliphatic heterocycles. The molecule has 2 heterocycles. The van der Waals surface area contributed by atoms with Crippen LogP contribution < -0.4 is 4.72 Å². The summed E-state index contributed by atoms with van der Waals surface area (Å²) in [4.78, 5) is 4.29. The maximum absolute atomic E-state index is 12.2. The van der Waals surface area contributed by atoms with Crippen LogP contribution in [0.3, 0.4) is 0 Å². The van der Waals surface area contributed by atoms with Crippen LogP contribution in [0.4, 0.5) is 5.69 Å². The number of sulfonamides is 1. The van der Waals surface area contributed by atoms with Crippen LogP contribution in [0.5, 0.6) is 0 Å². The molecule has 0 amide bonds. The van der Waals surface area contributed by atoms with Crippen molar-refractivity contribution in [1.29, 1.82) is 0 Å². The molecule has 1 saturated heterocycles. The fourth-order valence-corrected chi connectivity index (χ4v) is 4.37. The molecule has 1 aromatic rings. The summed E-state index contributed by atoms with van der Waals surface area (Å²) < 4.78 is 27.0. The number of thioether (sulfide) groups is 1. The normalized spacial score (nSPS) is 19.1. The Bertz CT molecular complexity index is 694. The number of rotatable bonds is 4. The molecule has 23 heavy (non-hydrogen) atoms. The molecule has 1 fully saturated rings. The van der Waals surface area contributed by atoms with Crippen LogP contribution in [0.25, 0.3) is 0 Å². The van der Waals surface area contributed by atoms with Crippen LogP contribution in [0.15, 0.2) is 44.5 Å². The van der Waals surface area contributed by atoms with Crippen LogP contribution in [0.1, 0.15) is 19.3 Å². The third-order valence-electron chi connectivity index (χ3n) is 3.57. The first-order chi connectivity index (χ1) is 11.1. The number of aliphatic imine (C=N–C) groups is 1. The van der Waals surface area contributed by atoms with E-state index in [-0.39, 0.29) is 4.90 Å². The minimum absolute atomic E-state index is 0.199. The molecule has 1 N–H and O–H groups in total. The second-order valence-corrected chi connectivity index (χ2v) is 8.10. The highest BCUT2D eigenvalue weighted by atomic mass is 32.2. The van der Waals surface area contributed by atoms with Crippen LogP contribution in [-0.4, -0.2) is 44.0 Å². The van der Waals surface area contributed by atoms with Crippen molar-refractivity contribution in [3.63, 3.8) is 0 Å². The molecule has 7 nitrogen and oxygen atoms in total. The van der Waals surface area contributed by atoms with Gasteiger partial charge in [0, 0.05) is 18.8 Å². The number of amidine groups is 1. The summed E-state index contributed by atoms with van der Waals surface area (Å²) in [7, 11) is -3.58. The van der Waals surface area contributed by atoms with Gasteiger partial charge in [-0.3, -0.25) is 14.7 Å². The average Bonchev–Trinajstić information content (AvgIpc) is 3.06. The Hall–Kier alpha value is -1.61. The van der Waals surface area contributed by atoms with Crippen molar-refractivity contribution in [3.05, 3.63) is 24.3 Å². The van der Waals surface area contributed by atoms with E-state index in [2.05, 4.69) is 20.1 Å². The fourth-order valence-electron chi connectivity index (χ4n) is 2.34. The van der Waals surface area contributed by atoms with Gasteiger partial charge in [0.1, 0.15) is 0 Å². The molecular formula is C14H19N5O2S2. The average molecular weight is 353 g/mol. The highest BCUT2D eigenvalue weighted by Crippen LogP contribution is 2.19. The van der Waals surface area contributed by atoms with Gasteiger partial charge in [-0.2, -0.15) is 0 Å². The van der Waals surface area contributed by atoms with E-state index < -0.39 is 10.0 Å². The zero-order valence-corrected chi connectivity index (χ0v) is 14.3. The Labute approximate surface area is 140 Å². The van der Waals surface area contributed by atoms with E-state index in [9.17, 15) is 8.42 Å². The molecular weight excluding hydrogens is 334 g/mol. The van der Waals surface area contributed by atoms with E-state index in [1.165, 1.54) is 30.3 Å². The van der Waals surface area contributed by atoms with Crippen LogP contribution in [0, 0.1) is 0 Å². The Balaban J connectivity index is 1.65. The molecule has 0 atom stereocenters. The van der Waals surface area contributed by atoms with E-state index >= 15 is 0 Å². The number of hydrogen-bond acceptors (Lipinski definition) is 6. The third kappa shape index (κ3) is 4.44. The summed E-state index contributed by atoms with van der Waals surface area (Å²) in [6.07, 6.45) is 3.53. The number of hydrogen-bond donors (Lipinski definition) is 1. The number of nitrogens with one attached hydrogen (secondary N) is 1. The summed E-state index contributed by atoms with van der Waals surface area (Å²) in [5.74, 6) is 0.813. The molecule has 1 aromatic carbocycles. The van der Waals surface area contributed by atoms with E-state index in [1.54, 1.807) is 12.1 Å². The lowest BCUT2D eigenvalue weighted by Gasteiger charge is -2.21. The number of piperidine rings is 1. The summed E-state index contributed by atoms with van der Waals surface area (Å²) in [5, 5.41) is 10.8. The van der Waals surface area contributed by atoms with Crippen LogP contribution in [0.2, 0.25) is 0 Å². The van der Waals surface area contributed by atoms with Gasteiger partial charge in [-0.1, -0.05) is 17.0 Å².